The van der Waals surface area contributed by atoms with Crippen LogP contribution in [0.3, 0.4) is 0 Å². The van der Waals surface area contributed by atoms with E-state index in [4.69, 9.17) is 5.73 Å². The third-order valence-electron chi connectivity index (χ3n) is 3.31. The fraction of sp³-hybridized carbons (Fsp3) is 0.833. The first-order chi connectivity index (χ1) is 7.92. The molecule has 1 rings (SSSR count). The summed E-state index contributed by atoms with van der Waals surface area (Å²) in [6, 6.07) is 0. The van der Waals surface area contributed by atoms with Crippen LogP contribution in [0.1, 0.15) is 39.5 Å². The molecule has 0 radical (unpaired) electrons. The maximum atomic E-state index is 11.7. The summed E-state index contributed by atoms with van der Waals surface area (Å²) in [5.41, 5.74) is 4.24. The van der Waals surface area contributed by atoms with Gasteiger partial charge in [0.1, 0.15) is 5.54 Å². The van der Waals surface area contributed by atoms with Gasteiger partial charge in [-0.15, -0.1) is 12.4 Å². The van der Waals surface area contributed by atoms with E-state index in [1.807, 2.05) is 0 Å². The lowest BCUT2D eigenvalue weighted by Gasteiger charge is -2.24. The van der Waals surface area contributed by atoms with Gasteiger partial charge in [-0.25, -0.2) is 0 Å². The smallest absolute Gasteiger partial charge is 0.242 e. The summed E-state index contributed by atoms with van der Waals surface area (Å²) in [4.78, 5) is 22.7. The normalized spacial score (nSPS) is 16.8. The van der Waals surface area contributed by atoms with Crippen molar-refractivity contribution in [1.82, 2.24) is 10.6 Å². The van der Waals surface area contributed by atoms with E-state index in [0.29, 0.717) is 12.3 Å². The van der Waals surface area contributed by atoms with Crippen LogP contribution in [0.25, 0.3) is 0 Å². The van der Waals surface area contributed by atoms with Crippen LogP contribution in [-0.2, 0) is 9.59 Å². The van der Waals surface area contributed by atoms with Gasteiger partial charge in [0.05, 0.1) is 0 Å². The highest BCUT2D eigenvalue weighted by molar-refractivity contribution is 5.89. The van der Waals surface area contributed by atoms with Crippen molar-refractivity contribution in [3.05, 3.63) is 0 Å². The number of carbonyl (C=O) groups is 2. The molecule has 0 atom stereocenters. The van der Waals surface area contributed by atoms with Gasteiger partial charge in [-0.2, -0.15) is 0 Å². The molecule has 6 heteroatoms. The molecule has 0 saturated carbocycles. The first kappa shape index (κ1) is 17.2. The van der Waals surface area contributed by atoms with Crippen LogP contribution in [-0.4, -0.2) is 30.4 Å². The van der Waals surface area contributed by atoms with Crippen LogP contribution in [0, 0.1) is 5.92 Å². The summed E-state index contributed by atoms with van der Waals surface area (Å²) in [6.07, 6.45) is 3.63. The van der Waals surface area contributed by atoms with Crippen molar-refractivity contribution in [3.63, 3.8) is 0 Å². The zero-order valence-electron chi connectivity index (χ0n) is 11.1. The maximum absolute atomic E-state index is 11.7. The highest BCUT2D eigenvalue weighted by Gasteiger charge is 2.26. The van der Waals surface area contributed by atoms with Gasteiger partial charge < -0.3 is 16.4 Å². The largest absolute Gasteiger partial charge is 0.368 e. The molecule has 0 aromatic heterocycles. The predicted octanol–water partition coefficient (Wildman–Crippen LogP) is 0.568. The van der Waals surface area contributed by atoms with E-state index >= 15 is 0 Å². The van der Waals surface area contributed by atoms with Gasteiger partial charge in [0.2, 0.25) is 11.8 Å². The topological polar surface area (TPSA) is 84.2 Å². The summed E-state index contributed by atoms with van der Waals surface area (Å²) in [6.45, 7) is 5.33. The van der Waals surface area contributed by atoms with Gasteiger partial charge >= 0.3 is 0 Å². The Bertz CT molecular complexity index is 289. The zero-order chi connectivity index (χ0) is 12.9. The van der Waals surface area contributed by atoms with Crippen LogP contribution in [0.5, 0.6) is 0 Å². The van der Waals surface area contributed by atoms with Crippen molar-refractivity contribution in [3.8, 4) is 0 Å². The first-order valence-corrected chi connectivity index (χ1v) is 6.23. The Morgan fingerprint density at radius 1 is 1.33 bits per heavy atom. The molecule has 1 fully saturated rings. The van der Waals surface area contributed by atoms with Crippen LogP contribution in [0.4, 0.5) is 0 Å². The molecular weight excluding hydrogens is 254 g/mol. The van der Waals surface area contributed by atoms with Crippen molar-refractivity contribution < 1.29 is 9.59 Å². The number of nitrogens with two attached hydrogens (primary N) is 1. The molecule has 0 bridgehead atoms. The number of nitrogens with one attached hydrogen (secondary N) is 2. The molecule has 1 aliphatic rings. The van der Waals surface area contributed by atoms with E-state index in [2.05, 4.69) is 10.6 Å². The van der Waals surface area contributed by atoms with E-state index in [1.54, 1.807) is 13.8 Å². The summed E-state index contributed by atoms with van der Waals surface area (Å²) >= 11 is 0. The van der Waals surface area contributed by atoms with Crippen molar-refractivity contribution in [2.45, 2.75) is 45.1 Å². The second kappa shape index (κ2) is 7.59. The molecule has 1 aliphatic heterocycles. The highest BCUT2D eigenvalue weighted by Crippen LogP contribution is 2.17. The van der Waals surface area contributed by atoms with Crippen molar-refractivity contribution >= 4 is 24.2 Å². The SMILES string of the molecule is CC(C)(NC(=O)CCC1CCNCC1)C(N)=O.Cl. The number of amides is 2. The fourth-order valence-electron chi connectivity index (χ4n) is 1.98. The molecule has 1 saturated heterocycles. The molecule has 18 heavy (non-hydrogen) atoms. The molecule has 1 heterocycles. The summed E-state index contributed by atoms with van der Waals surface area (Å²) in [7, 11) is 0. The molecule has 0 aromatic carbocycles. The van der Waals surface area contributed by atoms with Crippen LogP contribution >= 0.6 is 12.4 Å². The molecule has 0 spiro atoms. The minimum absolute atomic E-state index is 0. The number of halogens is 1. The molecule has 4 N–H and O–H groups in total. The number of primary amides is 1. The van der Waals surface area contributed by atoms with Crippen LogP contribution < -0.4 is 16.4 Å². The number of hydrogen-bond donors (Lipinski definition) is 3. The summed E-state index contributed by atoms with van der Waals surface area (Å²) in [5, 5.41) is 5.96. The number of carbonyl (C=O) groups excluding carboxylic acids is 2. The minimum Gasteiger partial charge on any atom is -0.368 e. The second-order valence-corrected chi connectivity index (χ2v) is 5.27. The number of hydrogen-bond acceptors (Lipinski definition) is 3. The first-order valence-electron chi connectivity index (χ1n) is 6.23. The van der Waals surface area contributed by atoms with Gasteiger partial charge in [-0.05, 0) is 52.1 Å². The van der Waals surface area contributed by atoms with E-state index in [0.717, 1.165) is 32.4 Å². The Morgan fingerprint density at radius 2 is 1.89 bits per heavy atom. The van der Waals surface area contributed by atoms with Crippen LogP contribution in [0.15, 0.2) is 0 Å². The van der Waals surface area contributed by atoms with Crippen molar-refractivity contribution in [1.29, 1.82) is 0 Å². The molecule has 106 valence electrons. The van der Waals surface area contributed by atoms with Crippen molar-refractivity contribution in [2.75, 3.05) is 13.1 Å². The van der Waals surface area contributed by atoms with Gasteiger partial charge in [0.15, 0.2) is 0 Å². The lowest BCUT2D eigenvalue weighted by Crippen LogP contribution is -2.53. The molecule has 0 unspecified atom stereocenters. The quantitative estimate of drug-likeness (QED) is 0.687. The van der Waals surface area contributed by atoms with E-state index in [9.17, 15) is 9.59 Å². The average Bonchev–Trinajstić information content (AvgIpc) is 2.27. The fourth-order valence-corrected chi connectivity index (χ4v) is 1.98. The molecule has 5 nitrogen and oxygen atoms in total. The third-order valence-corrected chi connectivity index (χ3v) is 3.31. The predicted molar refractivity (Wildman–Crippen MR) is 73.5 cm³/mol. The molecule has 2 amide bonds. The standard InChI is InChI=1S/C12H23N3O2.ClH/c1-12(2,11(13)17)15-10(16)4-3-9-5-7-14-8-6-9;/h9,14H,3-8H2,1-2H3,(H2,13,17)(H,15,16);1H. The number of piperidine rings is 1. The Labute approximate surface area is 115 Å². The van der Waals surface area contributed by atoms with E-state index in [1.165, 1.54) is 0 Å². The van der Waals surface area contributed by atoms with Gasteiger partial charge in [-0.3, -0.25) is 9.59 Å². The van der Waals surface area contributed by atoms with Gasteiger partial charge in [0.25, 0.3) is 0 Å². The molecule has 0 aromatic rings. The van der Waals surface area contributed by atoms with Crippen LogP contribution in [0.2, 0.25) is 0 Å². The third kappa shape index (κ3) is 5.69. The zero-order valence-corrected chi connectivity index (χ0v) is 11.9. The lowest BCUT2D eigenvalue weighted by atomic mass is 9.93. The number of rotatable bonds is 5. The monoisotopic (exact) mass is 277 g/mol. The maximum Gasteiger partial charge on any atom is 0.242 e. The van der Waals surface area contributed by atoms with Gasteiger partial charge in [-0.1, -0.05) is 0 Å². The average molecular weight is 278 g/mol. The Balaban J connectivity index is 0.00000289. The highest BCUT2D eigenvalue weighted by atomic mass is 35.5. The van der Waals surface area contributed by atoms with Gasteiger partial charge in [0, 0.05) is 6.42 Å². The van der Waals surface area contributed by atoms with Crippen molar-refractivity contribution in [2.24, 2.45) is 11.7 Å². The Hall–Kier alpha value is -0.810. The second-order valence-electron chi connectivity index (χ2n) is 5.27. The minimum atomic E-state index is -0.953. The molecule has 0 aliphatic carbocycles. The lowest BCUT2D eigenvalue weighted by molar-refractivity contribution is -0.130. The summed E-state index contributed by atoms with van der Waals surface area (Å²) in [5.74, 6) is 0.0266. The van der Waals surface area contributed by atoms with E-state index < -0.39 is 11.4 Å². The molecular formula is C12H24ClN3O2. The Morgan fingerprint density at radius 3 is 2.39 bits per heavy atom. The Kier molecular flexibility index (Phi) is 7.25. The summed E-state index contributed by atoms with van der Waals surface area (Å²) < 4.78 is 0. The van der Waals surface area contributed by atoms with E-state index in [-0.39, 0.29) is 18.3 Å².